The van der Waals surface area contributed by atoms with Gasteiger partial charge in [0.15, 0.2) is 9.84 Å². The van der Waals surface area contributed by atoms with Crippen LogP contribution in [0.5, 0.6) is 0 Å². The van der Waals surface area contributed by atoms with Crippen LogP contribution in [0.25, 0.3) is 0 Å². The number of amides is 1. The summed E-state index contributed by atoms with van der Waals surface area (Å²) in [5.41, 5.74) is 0.976. The molecule has 0 bridgehead atoms. The second-order valence-electron chi connectivity index (χ2n) is 9.73. The van der Waals surface area contributed by atoms with Gasteiger partial charge >= 0.3 is 0 Å². The molecule has 9 heteroatoms. The summed E-state index contributed by atoms with van der Waals surface area (Å²) >= 11 is 0. The maximum atomic E-state index is 12.5. The van der Waals surface area contributed by atoms with Crippen molar-refractivity contribution in [1.82, 2.24) is 9.62 Å². The molecule has 1 aromatic rings. The van der Waals surface area contributed by atoms with Gasteiger partial charge in [-0.05, 0) is 41.9 Å². The fourth-order valence-corrected chi connectivity index (χ4v) is 6.90. The largest absolute Gasteiger partial charge is 0.343 e. The first-order valence-electron chi connectivity index (χ1n) is 10.8. The first-order valence-corrected chi connectivity index (χ1v) is 14.0. The lowest BCUT2D eigenvalue weighted by atomic mass is 9.87. The smallest absolute Gasteiger partial charge is 0.240 e. The molecule has 1 amide bonds. The zero-order chi connectivity index (χ0) is 23.4. The van der Waals surface area contributed by atoms with Gasteiger partial charge in [0.05, 0.1) is 15.9 Å². The lowest BCUT2D eigenvalue weighted by Crippen LogP contribution is -2.44. The lowest BCUT2D eigenvalue weighted by Gasteiger charge is -2.32. The van der Waals surface area contributed by atoms with Crippen LogP contribution in [0.2, 0.25) is 0 Å². The highest BCUT2D eigenvalue weighted by molar-refractivity contribution is 7.92. The van der Waals surface area contributed by atoms with Crippen molar-refractivity contribution in [3.05, 3.63) is 29.8 Å². The molecule has 1 aromatic carbocycles. The summed E-state index contributed by atoms with van der Waals surface area (Å²) in [5.74, 6) is 0.0947. The molecule has 31 heavy (non-hydrogen) atoms. The van der Waals surface area contributed by atoms with Crippen LogP contribution in [0, 0.1) is 5.92 Å². The van der Waals surface area contributed by atoms with E-state index in [-0.39, 0.29) is 40.9 Å². The van der Waals surface area contributed by atoms with E-state index in [9.17, 15) is 21.6 Å². The summed E-state index contributed by atoms with van der Waals surface area (Å²) in [4.78, 5) is 14.3. The Hall–Kier alpha value is -1.45. The molecule has 1 heterocycles. The van der Waals surface area contributed by atoms with Crippen molar-refractivity contribution in [2.45, 2.75) is 69.4 Å². The van der Waals surface area contributed by atoms with Gasteiger partial charge < -0.3 is 4.90 Å². The number of carbonyl (C=O) groups excluding carboxylic acids is 1. The van der Waals surface area contributed by atoms with Gasteiger partial charge in [0.25, 0.3) is 0 Å². The third kappa shape index (κ3) is 7.29. The minimum Gasteiger partial charge on any atom is -0.343 e. The van der Waals surface area contributed by atoms with E-state index in [1.165, 1.54) is 0 Å². The number of sulfone groups is 1. The van der Waals surface area contributed by atoms with Crippen molar-refractivity contribution in [2.24, 2.45) is 5.92 Å². The van der Waals surface area contributed by atoms with Crippen LogP contribution in [0.3, 0.4) is 0 Å². The normalized spacial score (nSPS) is 16.6. The molecular formula is C22H36N2O5S2. The van der Waals surface area contributed by atoms with Crippen LogP contribution < -0.4 is 4.72 Å². The minimum absolute atomic E-state index is 0.00770. The zero-order valence-corrected chi connectivity index (χ0v) is 20.9. The molecule has 0 saturated carbocycles. The summed E-state index contributed by atoms with van der Waals surface area (Å²) in [7, 11) is -6.83. The predicted octanol–water partition coefficient (Wildman–Crippen LogP) is 2.71. The topological polar surface area (TPSA) is 101 Å². The van der Waals surface area contributed by atoms with Crippen molar-refractivity contribution >= 4 is 25.8 Å². The number of nitrogens with zero attached hydrogens (tertiary/aromatic N) is 1. The van der Waals surface area contributed by atoms with Crippen molar-refractivity contribution in [3.8, 4) is 0 Å². The van der Waals surface area contributed by atoms with Gasteiger partial charge in [-0.25, -0.2) is 21.6 Å². The second kappa shape index (κ2) is 10.0. The highest BCUT2D eigenvalue weighted by Crippen LogP contribution is 2.23. The number of rotatable bonds is 8. The molecule has 1 aliphatic rings. The molecule has 0 radical (unpaired) electrons. The van der Waals surface area contributed by atoms with E-state index in [0.717, 1.165) is 5.56 Å². The van der Waals surface area contributed by atoms with Gasteiger partial charge in [-0.15, -0.1) is 0 Å². The van der Waals surface area contributed by atoms with E-state index in [1.807, 2.05) is 13.8 Å². The van der Waals surface area contributed by atoms with Gasteiger partial charge in [-0.3, -0.25) is 4.79 Å². The maximum Gasteiger partial charge on any atom is 0.240 e. The molecular weight excluding hydrogens is 436 g/mol. The Kier molecular flexibility index (Phi) is 8.33. The monoisotopic (exact) mass is 472 g/mol. The Bertz CT molecular complexity index is 954. The summed E-state index contributed by atoms with van der Waals surface area (Å²) in [6.45, 7) is 10.7. The molecule has 1 aliphatic heterocycles. The summed E-state index contributed by atoms with van der Waals surface area (Å²) in [5, 5.41) is -0.395. The van der Waals surface area contributed by atoms with E-state index >= 15 is 0 Å². The van der Waals surface area contributed by atoms with E-state index < -0.39 is 25.1 Å². The molecule has 2 rings (SSSR count). The molecule has 7 nitrogen and oxygen atoms in total. The van der Waals surface area contributed by atoms with Crippen LogP contribution >= 0.6 is 0 Å². The predicted molar refractivity (Wildman–Crippen MR) is 123 cm³/mol. The van der Waals surface area contributed by atoms with Gasteiger partial charge in [0.2, 0.25) is 15.9 Å². The number of carbonyl (C=O) groups is 1. The molecule has 1 N–H and O–H groups in total. The number of sulfonamides is 1. The SMILES string of the molecule is CC(C)CS(=O)(=O)C1CCN(C(=O)CCNS(=O)(=O)c2ccc(C(C)(C)C)cc2)CC1. The van der Waals surface area contributed by atoms with E-state index in [4.69, 9.17) is 0 Å². The number of likely N-dealkylation sites (tertiary alicyclic amines) is 1. The standard InChI is InChI=1S/C22H36N2O5S2/c1-17(2)16-30(26,27)19-11-14-24(15-12-19)21(25)10-13-23-31(28,29)20-8-6-18(7-9-20)22(3,4)5/h6-9,17,19,23H,10-16H2,1-5H3. The highest BCUT2D eigenvalue weighted by Gasteiger charge is 2.31. The Balaban J connectivity index is 1.84. The molecule has 0 unspecified atom stereocenters. The van der Waals surface area contributed by atoms with Crippen molar-refractivity contribution in [2.75, 3.05) is 25.4 Å². The minimum atomic E-state index is -3.69. The third-order valence-corrected chi connectivity index (χ3v) is 9.63. The van der Waals surface area contributed by atoms with Crippen LogP contribution in [0.4, 0.5) is 0 Å². The van der Waals surface area contributed by atoms with Gasteiger partial charge in [0, 0.05) is 26.1 Å². The molecule has 176 valence electrons. The van der Waals surface area contributed by atoms with E-state index in [2.05, 4.69) is 25.5 Å². The lowest BCUT2D eigenvalue weighted by molar-refractivity contribution is -0.131. The molecule has 0 atom stereocenters. The molecule has 1 saturated heterocycles. The first-order chi connectivity index (χ1) is 14.2. The van der Waals surface area contributed by atoms with E-state index in [1.54, 1.807) is 29.2 Å². The number of hydrogen-bond donors (Lipinski definition) is 1. The fraction of sp³-hybridized carbons (Fsp3) is 0.682. The quantitative estimate of drug-likeness (QED) is 0.627. The average Bonchev–Trinajstić information content (AvgIpc) is 2.66. The molecule has 0 aliphatic carbocycles. The highest BCUT2D eigenvalue weighted by atomic mass is 32.2. The first kappa shape index (κ1) is 25.8. The zero-order valence-electron chi connectivity index (χ0n) is 19.2. The number of benzene rings is 1. The van der Waals surface area contributed by atoms with Crippen molar-refractivity contribution < 1.29 is 21.6 Å². The van der Waals surface area contributed by atoms with Gasteiger partial charge in [-0.2, -0.15) is 0 Å². The Labute approximate surface area is 187 Å². The van der Waals surface area contributed by atoms with Crippen molar-refractivity contribution in [3.63, 3.8) is 0 Å². The number of nitrogens with one attached hydrogen (secondary N) is 1. The van der Waals surface area contributed by atoms with Gasteiger partial charge in [-0.1, -0.05) is 46.8 Å². The van der Waals surface area contributed by atoms with Crippen LogP contribution in [0.1, 0.15) is 59.4 Å². The Morgan fingerprint density at radius 2 is 1.61 bits per heavy atom. The molecule has 0 aromatic heterocycles. The molecule has 0 spiro atoms. The summed E-state index contributed by atoms with van der Waals surface area (Å²) in [6, 6.07) is 6.76. The number of piperidine rings is 1. The summed E-state index contributed by atoms with van der Waals surface area (Å²) < 4.78 is 52.2. The third-order valence-electron chi connectivity index (χ3n) is 5.53. The van der Waals surface area contributed by atoms with E-state index in [0.29, 0.717) is 25.9 Å². The Morgan fingerprint density at radius 3 is 2.10 bits per heavy atom. The number of hydrogen-bond acceptors (Lipinski definition) is 5. The van der Waals surface area contributed by atoms with Crippen LogP contribution in [0.15, 0.2) is 29.2 Å². The average molecular weight is 473 g/mol. The second-order valence-corrected chi connectivity index (χ2v) is 13.8. The summed E-state index contributed by atoms with van der Waals surface area (Å²) in [6.07, 6.45) is 0.919. The maximum absolute atomic E-state index is 12.5. The fourth-order valence-electron chi connectivity index (χ4n) is 3.73. The Morgan fingerprint density at radius 1 is 1.06 bits per heavy atom. The van der Waals surface area contributed by atoms with Crippen LogP contribution in [-0.4, -0.2) is 58.3 Å². The van der Waals surface area contributed by atoms with Gasteiger partial charge in [0.1, 0.15) is 0 Å². The molecule has 1 fully saturated rings. The van der Waals surface area contributed by atoms with Crippen LogP contribution in [-0.2, 0) is 30.1 Å². The van der Waals surface area contributed by atoms with Crippen molar-refractivity contribution in [1.29, 1.82) is 0 Å².